The number of benzene rings is 2. The third kappa shape index (κ3) is 2.96. The highest BCUT2D eigenvalue weighted by molar-refractivity contribution is 5.78. The van der Waals surface area contributed by atoms with E-state index in [0.29, 0.717) is 11.6 Å². The number of nitrogens with zero attached hydrogens (tertiary/aromatic N) is 2. The molecule has 0 aliphatic heterocycles. The van der Waals surface area contributed by atoms with Crippen LogP contribution in [0.1, 0.15) is 11.5 Å². The smallest absolute Gasteiger partial charge is 0.265 e. The van der Waals surface area contributed by atoms with E-state index in [-0.39, 0.29) is 0 Å². The van der Waals surface area contributed by atoms with Crippen molar-refractivity contribution in [3.63, 3.8) is 0 Å². The maximum atomic E-state index is 5.94. The van der Waals surface area contributed by atoms with Gasteiger partial charge >= 0.3 is 0 Å². The van der Waals surface area contributed by atoms with Gasteiger partial charge in [-0.1, -0.05) is 30.3 Å². The summed E-state index contributed by atoms with van der Waals surface area (Å²) < 4.78 is 11.8. The van der Waals surface area contributed by atoms with Gasteiger partial charge in [-0.3, -0.25) is 0 Å². The molecule has 2 aromatic carbocycles. The molecule has 22 heavy (non-hydrogen) atoms. The standard InChI is InChI=1S/C18H18N2O2/c1-13-8-7-11-15-17(13)22-18(19-15)16(12-20(2)3)21-14-9-5-4-6-10-14/h4-12H,1-3H3/b16-12-. The Kier molecular flexibility index (Phi) is 3.83. The molecule has 112 valence electrons. The summed E-state index contributed by atoms with van der Waals surface area (Å²) in [6.07, 6.45) is 1.85. The van der Waals surface area contributed by atoms with Crippen LogP contribution in [0.4, 0.5) is 0 Å². The third-order valence-electron chi connectivity index (χ3n) is 3.17. The molecule has 0 saturated heterocycles. The molecule has 0 atom stereocenters. The number of ether oxygens (including phenoxy) is 1. The van der Waals surface area contributed by atoms with Crippen molar-refractivity contribution >= 4 is 16.9 Å². The number of aromatic nitrogens is 1. The Morgan fingerprint density at radius 3 is 2.55 bits per heavy atom. The lowest BCUT2D eigenvalue weighted by Gasteiger charge is -2.10. The summed E-state index contributed by atoms with van der Waals surface area (Å²) >= 11 is 0. The number of hydrogen-bond donors (Lipinski definition) is 0. The Hall–Kier alpha value is -2.75. The van der Waals surface area contributed by atoms with Gasteiger partial charge in [-0.05, 0) is 30.7 Å². The molecule has 0 radical (unpaired) electrons. The van der Waals surface area contributed by atoms with E-state index < -0.39 is 0 Å². The molecule has 0 unspecified atom stereocenters. The number of aryl methyl sites for hydroxylation is 1. The fraction of sp³-hybridized carbons (Fsp3) is 0.167. The number of oxazole rings is 1. The molecular formula is C18H18N2O2. The van der Waals surface area contributed by atoms with Crippen LogP contribution in [-0.4, -0.2) is 24.0 Å². The van der Waals surface area contributed by atoms with Gasteiger partial charge in [0.05, 0.1) is 0 Å². The normalized spacial score (nSPS) is 11.7. The van der Waals surface area contributed by atoms with Crippen molar-refractivity contribution in [2.75, 3.05) is 14.1 Å². The topological polar surface area (TPSA) is 38.5 Å². The number of hydrogen-bond acceptors (Lipinski definition) is 4. The van der Waals surface area contributed by atoms with E-state index in [0.717, 1.165) is 22.4 Å². The summed E-state index contributed by atoms with van der Waals surface area (Å²) in [6.45, 7) is 2.00. The van der Waals surface area contributed by atoms with Crippen molar-refractivity contribution in [2.45, 2.75) is 6.92 Å². The van der Waals surface area contributed by atoms with E-state index in [1.807, 2.05) is 80.6 Å². The molecule has 0 N–H and O–H groups in total. The van der Waals surface area contributed by atoms with Crippen molar-refractivity contribution < 1.29 is 9.15 Å². The van der Waals surface area contributed by atoms with Crippen LogP contribution in [0.5, 0.6) is 5.75 Å². The Morgan fingerprint density at radius 1 is 1.09 bits per heavy atom. The second-order valence-corrected chi connectivity index (χ2v) is 5.31. The molecule has 0 amide bonds. The molecule has 0 aliphatic carbocycles. The van der Waals surface area contributed by atoms with E-state index in [1.165, 1.54) is 0 Å². The van der Waals surface area contributed by atoms with Crippen LogP contribution in [0.15, 0.2) is 59.1 Å². The largest absolute Gasteiger partial charge is 0.450 e. The van der Waals surface area contributed by atoms with Gasteiger partial charge < -0.3 is 14.1 Å². The summed E-state index contributed by atoms with van der Waals surface area (Å²) in [7, 11) is 3.87. The van der Waals surface area contributed by atoms with Gasteiger partial charge in [0, 0.05) is 20.3 Å². The lowest BCUT2D eigenvalue weighted by molar-refractivity contribution is 0.449. The van der Waals surface area contributed by atoms with Gasteiger partial charge in [0.1, 0.15) is 11.3 Å². The summed E-state index contributed by atoms with van der Waals surface area (Å²) in [4.78, 5) is 6.44. The molecule has 0 aliphatic rings. The van der Waals surface area contributed by atoms with Crippen LogP contribution in [0.3, 0.4) is 0 Å². The van der Waals surface area contributed by atoms with Crippen molar-refractivity contribution in [1.29, 1.82) is 0 Å². The summed E-state index contributed by atoms with van der Waals surface area (Å²) in [6, 6.07) is 15.5. The van der Waals surface area contributed by atoms with Crippen LogP contribution in [-0.2, 0) is 0 Å². The molecule has 0 bridgehead atoms. The van der Waals surface area contributed by atoms with Crippen LogP contribution in [0.25, 0.3) is 16.9 Å². The predicted molar refractivity (Wildman–Crippen MR) is 87.5 cm³/mol. The average Bonchev–Trinajstić information content (AvgIpc) is 2.93. The summed E-state index contributed by atoms with van der Waals surface area (Å²) in [5.41, 5.74) is 2.68. The second kappa shape index (κ2) is 5.93. The van der Waals surface area contributed by atoms with Gasteiger partial charge in [-0.15, -0.1) is 0 Å². The molecule has 0 fully saturated rings. The molecule has 0 saturated carbocycles. The van der Waals surface area contributed by atoms with E-state index in [2.05, 4.69) is 4.98 Å². The van der Waals surface area contributed by atoms with Crippen LogP contribution in [0.2, 0.25) is 0 Å². The van der Waals surface area contributed by atoms with E-state index in [9.17, 15) is 0 Å². The van der Waals surface area contributed by atoms with Crippen molar-refractivity contribution in [1.82, 2.24) is 9.88 Å². The van der Waals surface area contributed by atoms with Gasteiger partial charge in [0.25, 0.3) is 5.89 Å². The molecule has 3 aromatic rings. The SMILES string of the molecule is Cc1cccc2nc(/C(=C/N(C)C)Oc3ccccc3)oc12. The molecule has 4 nitrogen and oxygen atoms in total. The number of rotatable bonds is 4. The second-order valence-electron chi connectivity index (χ2n) is 5.31. The lowest BCUT2D eigenvalue weighted by atomic mass is 10.2. The zero-order valence-electron chi connectivity index (χ0n) is 12.9. The highest BCUT2D eigenvalue weighted by Gasteiger charge is 2.15. The van der Waals surface area contributed by atoms with E-state index in [1.54, 1.807) is 0 Å². The zero-order valence-corrected chi connectivity index (χ0v) is 12.9. The first kappa shape index (κ1) is 14.2. The highest BCUT2D eigenvalue weighted by atomic mass is 16.5. The monoisotopic (exact) mass is 294 g/mol. The third-order valence-corrected chi connectivity index (χ3v) is 3.17. The minimum atomic E-state index is 0.474. The van der Waals surface area contributed by atoms with Crippen LogP contribution >= 0.6 is 0 Å². The Labute approximate surface area is 129 Å². The maximum Gasteiger partial charge on any atom is 0.265 e. The van der Waals surface area contributed by atoms with Crippen molar-refractivity contribution in [3.8, 4) is 5.75 Å². The summed E-state index contributed by atoms with van der Waals surface area (Å²) in [5.74, 6) is 1.79. The van der Waals surface area contributed by atoms with E-state index >= 15 is 0 Å². The Morgan fingerprint density at radius 2 is 1.86 bits per heavy atom. The highest BCUT2D eigenvalue weighted by Crippen LogP contribution is 2.26. The number of fused-ring (bicyclic) bond motifs is 1. The molecule has 1 heterocycles. The van der Waals surface area contributed by atoms with Gasteiger partial charge in [-0.2, -0.15) is 0 Å². The van der Waals surface area contributed by atoms with E-state index in [4.69, 9.17) is 9.15 Å². The Bertz CT molecular complexity index is 804. The fourth-order valence-electron chi connectivity index (χ4n) is 2.17. The molecule has 3 rings (SSSR count). The zero-order chi connectivity index (χ0) is 15.5. The average molecular weight is 294 g/mol. The van der Waals surface area contributed by atoms with Crippen molar-refractivity contribution in [3.05, 3.63) is 66.2 Å². The predicted octanol–water partition coefficient (Wildman–Crippen LogP) is 4.08. The van der Waals surface area contributed by atoms with Gasteiger partial charge in [-0.25, -0.2) is 4.98 Å². The maximum absolute atomic E-state index is 5.94. The molecule has 1 aromatic heterocycles. The first-order valence-electron chi connectivity index (χ1n) is 7.11. The minimum absolute atomic E-state index is 0.474. The minimum Gasteiger partial charge on any atom is -0.450 e. The van der Waals surface area contributed by atoms with Crippen LogP contribution in [0, 0.1) is 6.92 Å². The molecular weight excluding hydrogens is 276 g/mol. The lowest BCUT2D eigenvalue weighted by Crippen LogP contribution is -2.06. The number of para-hydroxylation sites is 2. The summed E-state index contributed by atoms with van der Waals surface area (Å²) in [5, 5.41) is 0. The quantitative estimate of drug-likeness (QED) is 0.680. The Balaban J connectivity index is 2.03. The first-order valence-corrected chi connectivity index (χ1v) is 7.11. The van der Waals surface area contributed by atoms with Crippen LogP contribution < -0.4 is 4.74 Å². The van der Waals surface area contributed by atoms with Gasteiger partial charge in [0.2, 0.25) is 5.76 Å². The van der Waals surface area contributed by atoms with Crippen molar-refractivity contribution in [2.24, 2.45) is 0 Å². The molecule has 4 heteroatoms. The molecule has 0 spiro atoms. The first-order chi connectivity index (χ1) is 10.6. The van der Waals surface area contributed by atoms with Gasteiger partial charge in [0.15, 0.2) is 5.58 Å². The fourth-order valence-corrected chi connectivity index (χ4v) is 2.17.